The van der Waals surface area contributed by atoms with Crippen LogP contribution in [0.25, 0.3) is 5.65 Å². The van der Waals surface area contributed by atoms with Crippen LogP contribution >= 0.6 is 11.6 Å². The number of likely N-dealkylation sites (tertiary alicyclic amines) is 1. The molecule has 0 aromatic carbocycles. The molecule has 1 fully saturated rings. The Morgan fingerprint density at radius 1 is 1.22 bits per heavy atom. The van der Waals surface area contributed by atoms with Crippen molar-refractivity contribution < 1.29 is 4.79 Å². The molecule has 1 aliphatic heterocycles. The Kier molecular flexibility index (Phi) is 3.46. The molecule has 23 heavy (non-hydrogen) atoms. The standard InChI is InChI=1S/C16H14ClN5O/c17-13-7-6-11(10-18-13)16(23)21-9-3-4-12(21)15-20-19-14-5-1-2-8-22(14)15/h1-2,5-8,10,12H,3-4,9H2. The van der Waals surface area contributed by atoms with E-state index < -0.39 is 0 Å². The molecule has 1 saturated heterocycles. The third-order valence-electron chi connectivity index (χ3n) is 4.13. The van der Waals surface area contributed by atoms with Crippen molar-refractivity contribution in [3.63, 3.8) is 0 Å². The molecule has 116 valence electrons. The molecule has 0 spiro atoms. The van der Waals surface area contributed by atoms with Crippen LogP contribution in [0.1, 0.15) is 35.1 Å². The fourth-order valence-corrected chi connectivity index (χ4v) is 3.15. The zero-order chi connectivity index (χ0) is 15.8. The summed E-state index contributed by atoms with van der Waals surface area (Å²) in [5, 5.41) is 8.86. The lowest BCUT2D eigenvalue weighted by Crippen LogP contribution is -2.31. The van der Waals surface area contributed by atoms with Gasteiger partial charge in [0, 0.05) is 18.9 Å². The zero-order valence-electron chi connectivity index (χ0n) is 12.3. The summed E-state index contributed by atoms with van der Waals surface area (Å²) in [7, 11) is 0. The molecule has 7 heteroatoms. The number of hydrogen-bond donors (Lipinski definition) is 0. The van der Waals surface area contributed by atoms with Crippen LogP contribution in [0, 0.1) is 0 Å². The molecule has 4 heterocycles. The number of rotatable bonds is 2. The first-order valence-electron chi connectivity index (χ1n) is 7.46. The van der Waals surface area contributed by atoms with E-state index in [1.165, 1.54) is 6.20 Å². The second-order valence-corrected chi connectivity index (χ2v) is 5.90. The fourth-order valence-electron chi connectivity index (χ4n) is 3.03. The topological polar surface area (TPSA) is 63.4 Å². The van der Waals surface area contributed by atoms with Gasteiger partial charge in [0.05, 0.1) is 11.6 Å². The minimum absolute atomic E-state index is 0.0515. The Bertz CT molecular complexity index is 860. The van der Waals surface area contributed by atoms with Crippen LogP contribution in [0.2, 0.25) is 5.15 Å². The van der Waals surface area contributed by atoms with Crippen molar-refractivity contribution in [2.45, 2.75) is 18.9 Å². The number of aromatic nitrogens is 4. The van der Waals surface area contributed by atoms with Crippen molar-refractivity contribution in [2.75, 3.05) is 6.54 Å². The molecule has 0 bridgehead atoms. The molecule has 4 rings (SSSR count). The molecule has 0 aliphatic carbocycles. The van der Waals surface area contributed by atoms with Crippen LogP contribution in [-0.2, 0) is 0 Å². The highest BCUT2D eigenvalue weighted by Crippen LogP contribution is 2.32. The van der Waals surface area contributed by atoms with Crippen LogP contribution < -0.4 is 0 Å². The lowest BCUT2D eigenvalue weighted by molar-refractivity contribution is 0.0729. The predicted octanol–water partition coefficient (Wildman–Crippen LogP) is 2.76. The van der Waals surface area contributed by atoms with Gasteiger partial charge < -0.3 is 4.90 Å². The number of carbonyl (C=O) groups excluding carboxylic acids is 1. The van der Waals surface area contributed by atoms with Crippen molar-refractivity contribution in [3.8, 4) is 0 Å². The van der Waals surface area contributed by atoms with Gasteiger partial charge in [-0.15, -0.1) is 10.2 Å². The maximum atomic E-state index is 12.8. The van der Waals surface area contributed by atoms with Gasteiger partial charge in [0.25, 0.3) is 5.91 Å². The summed E-state index contributed by atoms with van der Waals surface area (Å²) in [6.07, 6.45) is 5.26. The average molecular weight is 328 g/mol. The Balaban J connectivity index is 1.69. The van der Waals surface area contributed by atoms with Gasteiger partial charge in [-0.2, -0.15) is 0 Å². The minimum atomic E-state index is -0.0735. The van der Waals surface area contributed by atoms with Crippen LogP contribution in [0.3, 0.4) is 0 Å². The predicted molar refractivity (Wildman–Crippen MR) is 85.2 cm³/mol. The van der Waals surface area contributed by atoms with Crippen molar-refractivity contribution in [1.29, 1.82) is 0 Å². The summed E-state index contributed by atoms with van der Waals surface area (Å²) < 4.78 is 1.94. The molecular weight excluding hydrogens is 314 g/mol. The van der Waals surface area contributed by atoms with Gasteiger partial charge in [-0.05, 0) is 37.1 Å². The van der Waals surface area contributed by atoms with Crippen LogP contribution in [0.15, 0.2) is 42.7 Å². The van der Waals surface area contributed by atoms with Crippen LogP contribution in [-0.4, -0.2) is 36.9 Å². The highest BCUT2D eigenvalue weighted by molar-refractivity contribution is 6.29. The van der Waals surface area contributed by atoms with Gasteiger partial charge in [0.1, 0.15) is 5.15 Å². The number of halogens is 1. The van der Waals surface area contributed by atoms with Gasteiger partial charge >= 0.3 is 0 Å². The van der Waals surface area contributed by atoms with E-state index >= 15 is 0 Å². The Labute approximate surface area is 137 Å². The quantitative estimate of drug-likeness (QED) is 0.679. The minimum Gasteiger partial charge on any atom is -0.328 e. The van der Waals surface area contributed by atoms with E-state index in [0.717, 1.165) is 24.3 Å². The van der Waals surface area contributed by atoms with E-state index in [9.17, 15) is 4.79 Å². The van der Waals surface area contributed by atoms with Gasteiger partial charge in [-0.3, -0.25) is 9.20 Å². The zero-order valence-corrected chi connectivity index (χ0v) is 13.0. The molecule has 0 radical (unpaired) electrons. The maximum Gasteiger partial charge on any atom is 0.256 e. The van der Waals surface area contributed by atoms with E-state index in [4.69, 9.17) is 11.6 Å². The normalized spacial score (nSPS) is 17.8. The summed E-state index contributed by atoms with van der Waals surface area (Å²) in [4.78, 5) is 18.6. The number of pyridine rings is 2. The van der Waals surface area contributed by atoms with Gasteiger partial charge in [0.15, 0.2) is 11.5 Å². The molecule has 1 unspecified atom stereocenters. The first-order valence-corrected chi connectivity index (χ1v) is 7.84. The average Bonchev–Trinajstić information content (AvgIpc) is 3.21. The first kappa shape index (κ1) is 14.1. The monoisotopic (exact) mass is 327 g/mol. The Morgan fingerprint density at radius 2 is 2.13 bits per heavy atom. The molecule has 0 saturated carbocycles. The van der Waals surface area contributed by atoms with E-state index in [0.29, 0.717) is 17.3 Å². The number of amides is 1. The van der Waals surface area contributed by atoms with Crippen molar-refractivity contribution in [2.24, 2.45) is 0 Å². The van der Waals surface area contributed by atoms with E-state index in [-0.39, 0.29) is 11.9 Å². The third-order valence-corrected chi connectivity index (χ3v) is 4.35. The summed E-state index contributed by atoms with van der Waals surface area (Å²) in [6, 6.07) is 9.02. The fraction of sp³-hybridized carbons (Fsp3) is 0.250. The molecular formula is C16H14ClN5O. The van der Waals surface area contributed by atoms with Gasteiger partial charge in [0.2, 0.25) is 0 Å². The lowest BCUT2D eigenvalue weighted by atomic mass is 10.2. The third kappa shape index (κ3) is 2.45. The van der Waals surface area contributed by atoms with E-state index in [2.05, 4.69) is 15.2 Å². The second-order valence-electron chi connectivity index (χ2n) is 5.51. The smallest absolute Gasteiger partial charge is 0.256 e. The number of hydrogen-bond acceptors (Lipinski definition) is 4. The van der Waals surface area contributed by atoms with Crippen molar-refractivity contribution in [1.82, 2.24) is 24.5 Å². The highest BCUT2D eigenvalue weighted by atomic mass is 35.5. The summed E-state index contributed by atoms with van der Waals surface area (Å²) in [5.41, 5.74) is 1.32. The number of fused-ring (bicyclic) bond motifs is 1. The number of carbonyl (C=O) groups is 1. The maximum absolute atomic E-state index is 12.8. The molecule has 3 aromatic rings. The second kappa shape index (κ2) is 5.62. The Hall–Kier alpha value is -2.47. The molecule has 3 aromatic heterocycles. The summed E-state index contributed by atoms with van der Waals surface area (Å²) in [5.74, 6) is 0.748. The lowest BCUT2D eigenvalue weighted by Gasteiger charge is -2.23. The van der Waals surface area contributed by atoms with Crippen molar-refractivity contribution >= 4 is 23.2 Å². The molecule has 1 amide bonds. The van der Waals surface area contributed by atoms with Crippen LogP contribution in [0.5, 0.6) is 0 Å². The SMILES string of the molecule is O=C(c1ccc(Cl)nc1)N1CCCC1c1nnc2ccccn12. The first-order chi connectivity index (χ1) is 11.2. The summed E-state index contributed by atoms with van der Waals surface area (Å²) >= 11 is 5.79. The number of nitrogens with zero attached hydrogens (tertiary/aromatic N) is 5. The summed E-state index contributed by atoms with van der Waals surface area (Å²) in [6.45, 7) is 0.702. The van der Waals surface area contributed by atoms with E-state index in [1.807, 2.05) is 33.7 Å². The van der Waals surface area contributed by atoms with Gasteiger partial charge in [-0.25, -0.2) is 4.98 Å². The Morgan fingerprint density at radius 3 is 2.96 bits per heavy atom. The van der Waals surface area contributed by atoms with E-state index in [1.54, 1.807) is 12.1 Å². The molecule has 1 atom stereocenters. The molecule has 6 nitrogen and oxygen atoms in total. The van der Waals surface area contributed by atoms with Gasteiger partial charge in [-0.1, -0.05) is 17.7 Å². The van der Waals surface area contributed by atoms with Crippen molar-refractivity contribution in [3.05, 3.63) is 59.3 Å². The largest absolute Gasteiger partial charge is 0.328 e. The highest BCUT2D eigenvalue weighted by Gasteiger charge is 2.33. The van der Waals surface area contributed by atoms with Crippen LogP contribution in [0.4, 0.5) is 0 Å². The molecule has 1 aliphatic rings. The molecule has 0 N–H and O–H groups in total.